The largest absolute Gasteiger partial charge is 0.391 e. The lowest BCUT2D eigenvalue weighted by Crippen LogP contribution is -2.32. The zero-order valence-corrected chi connectivity index (χ0v) is 13.9. The molecule has 21 heavy (non-hydrogen) atoms. The van der Waals surface area contributed by atoms with E-state index in [9.17, 15) is 9.90 Å². The number of nitrogens with zero attached hydrogens (tertiary/aromatic N) is 2. The molecule has 1 aromatic heterocycles. The topological polar surface area (TPSA) is 93.2 Å². The van der Waals surface area contributed by atoms with Gasteiger partial charge in [0.2, 0.25) is 5.91 Å². The molecule has 1 aromatic rings. The van der Waals surface area contributed by atoms with Gasteiger partial charge in [0.1, 0.15) is 0 Å². The standard InChI is InChI=1S/C13H22N4O2.2ClH/c1-8-9(2)17(7-16-8)4-3-15-13(19)10-5-11(14)12(18)6-10;;/h7,10-12,18H,3-6,14H2,1-2H3,(H,15,19);2*1H/t10-,11+,12+;;/m0../s1. The van der Waals surface area contributed by atoms with E-state index in [2.05, 4.69) is 10.3 Å². The predicted molar refractivity (Wildman–Crippen MR) is 85.9 cm³/mol. The Morgan fingerprint density at radius 2 is 2.14 bits per heavy atom. The minimum absolute atomic E-state index is 0. The maximum atomic E-state index is 11.9. The Bertz CT molecular complexity index is 457. The Hall–Kier alpha value is -0.820. The minimum atomic E-state index is -0.547. The molecule has 1 amide bonds. The number of imidazole rings is 1. The van der Waals surface area contributed by atoms with Crippen LogP contribution in [0.4, 0.5) is 0 Å². The number of aliphatic hydroxyl groups excluding tert-OH is 1. The second-order valence-corrected chi connectivity index (χ2v) is 5.30. The molecule has 1 aliphatic rings. The summed E-state index contributed by atoms with van der Waals surface area (Å²) in [6, 6.07) is -0.269. The maximum absolute atomic E-state index is 11.9. The van der Waals surface area contributed by atoms with Crippen LogP contribution in [0.15, 0.2) is 6.33 Å². The second-order valence-electron chi connectivity index (χ2n) is 5.30. The van der Waals surface area contributed by atoms with Gasteiger partial charge in [-0.25, -0.2) is 4.98 Å². The highest BCUT2D eigenvalue weighted by atomic mass is 35.5. The van der Waals surface area contributed by atoms with Gasteiger partial charge in [-0.2, -0.15) is 0 Å². The van der Waals surface area contributed by atoms with Gasteiger partial charge < -0.3 is 20.7 Å². The van der Waals surface area contributed by atoms with Crippen molar-refractivity contribution in [2.45, 2.75) is 45.4 Å². The molecule has 0 aromatic carbocycles. The van der Waals surface area contributed by atoms with Gasteiger partial charge in [-0.05, 0) is 26.7 Å². The van der Waals surface area contributed by atoms with Crippen LogP contribution in [0.5, 0.6) is 0 Å². The van der Waals surface area contributed by atoms with Crippen molar-refractivity contribution in [3.05, 3.63) is 17.7 Å². The average Bonchev–Trinajstić information content (AvgIpc) is 2.86. The fourth-order valence-electron chi connectivity index (χ4n) is 2.48. The molecule has 6 nitrogen and oxygen atoms in total. The van der Waals surface area contributed by atoms with Crippen LogP contribution in [-0.2, 0) is 11.3 Å². The Morgan fingerprint density at radius 1 is 1.48 bits per heavy atom. The maximum Gasteiger partial charge on any atom is 0.223 e. The first-order valence-electron chi connectivity index (χ1n) is 6.68. The fraction of sp³-hybridized carbons (Fsp3) is 0.692. The third-order valence-corrected chi connectivity index (χ3v) is 3.94. The zero-order chi connectivity index (χ0) is 14.0. The van der Waals surface area contributed by atoms with Crippen molar-refractivity contribution in [2.75, 3.05) is 6.54 Å². The number of carbonyl (C=O) groups excluding carboxylic acids is 1. The number of halogens is 2. The predicted octanol–water partition coefficient (Wildman–Crippen LogP) is 0.558. The molecule has 3 atom stereocenters. The third kappa shape index (κ3) is 4.85. The first-order chi connectivity index (χ1) is 8.99. The highest BCUT2D eigenvalue weighted by Crippen LogP contribution is 2.24. The fourth-order valence-corrected chi connectivity index (χ4v) is 2.48. The summed E-state index contributed by atoms with van der Waals surface area (Å²) in [5, 5.41) is 12.4. The van der Waals surface area contributed by atoms with Crippen molar-refractivity contribution < 1.29 is 9.90 Å². The number of nitrogens with one attached hydrogen (secondary N) is 1. The number of amides is 1. The van der Waals surface area contributed by atoms with Gasteiger partial charge in [-0.3, -0.25) is 4.79 Å². The van der Waals surface area contributed by atoms with Gasteiger partial charge in [0.25, 0.3) is 0 Å². The van der Waals surface area contributed by atoms with Crippen LogP contribution < -0.4 is 11.1 Å². The molecule has 0 unspecified atom stereocenters. The molecular weight excluding hydrogens is 315 g/mol. The summed E-state index contributed by atoms with van der Waals surface area (Å²) in [6.45, 7) is 5.25. The molecular formula is C13H24Cl2N4O2. The molecule has 0 aliphatic heterocycles. The van der Waals surface area contributed by atoms with Crippen LogP contribution in [0.1, 0.15) is 24.2 Å². The summed E-state index contributed by atoms with van der Waals surface area (Å²) < 4.78 is 2.02. The molecule has 0 bridgehead atoms. The molecule has 1 saturated carbocycles. The number of nitrogens with two attached hydrogens (primary N) is 1. The second kappa shape index (κ2) is 8.58. The van der Waals surface area contributed by atoms with Gasteiger partial charge in [-0.15, -0.1) is 24.8 Å². The third-order valence-electron chi connectivity index (χ3n) is 3.94. The van der Waals surface area contributed by atoms with E-state index in [-0.39, 0.29) is 42.7 Å². The highest BCUT2D eigenvalue weighted by Gasteiger charge is 2.34. The quantitative estimate of drug-likeness (QED) is 0.747. The molecule has 1 heterocycles. The van der Waals surface area contributed by atoms with E-state index in [0.717, 1.165) is 11.4 Å². The van der Waals surface area contributed by atoms with Gasteiger partial charge in [0, 0.05) is 30.7 Å². The first kappa shape index (κ1) is 20.2. The number of aryl methyl sites for hydroxylation is 1. The molecule has 122 valence electrons. The smallest absolute Gasteiger partial charge is 0.223 e. The van der Waals surface area contributed by atoms with E-state index in [1.807, 2.05) is 18.4 Å². The first-order valence-corrected chi connectivity index (χ1v) is 6.68. The lowest BCUT2D eigenvalue weighted by Gasteiger charge is -2.11. The molecule has 1 fully saturated rings. The normalized spacial score (nSPS) is 24.1. The lowest BCUT2D eigenvalue weighted by molar-refractivity contribution is -0.125. The SMILES string of the molecule is Cc1ncn(CCNC(=O)[C@H]2C[C@@H](N)[C@H](O)C2)c1C.Cl.Cl. The van der Waals surface area contributed by atoms with Gasteiger partial charge in [-0.1, -0.05) is 0 Å². The number of hydrogen-bond acceptors (Lipinski definition) is 4. The van der Waals surface area contributed by atoms with Crippen LogP contribution in [0.2, 0.25) is 0 Å². The van der Waals surface area contributed by atoms with Crippen LogP contribution in [-0.4, -0.2) is 39.3 Å². The van der Waals surface area contributed by atoms with Crippen molar-refractivity contribution >= 4 is 30.7 Å². The van der Waals surface area contributed by atoms with E-state index in [0.29, 0.717) is 25.9 Å². The van der Waals surface area contributed by atoms with Crippen molar-refractivity contribution in [3.63, 3.8) is 0 Å². The Balaban J connectivity index is 0.00000200. The summed E-state index contributed by atoms with van der Waals surface area (Å²) in [6.07, 6.45) is 2.27. The summed E-state index contributed by atoms with van der Waals surface area (Å²) in [7, 11) is 0. The Morgan fingerprint density at radius 3 is 2.62 bits per heavy atom. The van der Waals surface area contributed by atoms with Crippen LogP contribution in [0.3, 0.4) is 0 Å². The van der Waals surface area contributed by atoms with Crippen molar-refractivity contribution in [1.82, 2.24) is 14.9 Å². The van der Waals surface area contributed by atoms with E-state index < -0.39 is 6.10 Å². The van der Waals surface area contributed by atoms with Gasteiger partial charge in [0.15, 0.2) is 0 Å². The van der Waals surface area contributed by atoms with Crippen LogP contribution >= 0.6 is 24.8 Å². The number of aliphatic hydroxyl groups is 1. The number of aromatic nitrogens is 2. The van der Waals surface area contributed by atoms with E-state index >= 15 is 0 Å². The molecule has 8 heteroatoms. The summed E-state index contributed by atoms with van der Waals surface area (Å²) in [4.78, 5) is 16.1. The average molecular weight is 339 g/mol. The van der Waals surface area contributed by atoms with Gasteiger partial charge >= 0.3 is 0 Å². The van der Waals surface area contributed by atoms with Crippen molar-refractivity contribution in [3.8, 4) is 0 Å². The number of carbonyl (C=O) groups is 1. The number of hydrogen-bond donors (Lipinski definition) is 3. The summed E-state index contributed by atoms with van der Waals surface area (Å²) in [5.74, 6) is -0.169. The van der Waals surface area contributed by atoms with E-state index in [1.54, 1.807) is 6.33 Å². The molecule has 0 spiro atoms. The molecule has 0 saturated heterocycles. The molecule has 4 N–H and O–H groups in total. The van der Waals surface area contributed by atoms with E-state index in [4.69, 9.17) is 5.73 Å². The summed E-state index contributed by atoms with van der Waals surface area (Å²) in [5.41, 5.74) is 7.83. The highest BCUT2D eigenvalue weighted by molar-refractivity contribution is 5.85. The zero-order valence-electron chi connectivity index (χ0n) is 12.3. The molecule has 2 rings (SSSR count). The molecule has 0 radical (unpaired) electrons. The molecule has 1 aliphatic carbocycles. The lowest BCUT2D eigenvalue weighted by atomic mass is 10.1. The monoisotopic (exact) mass is 338 g/mol. The number of rotatable bonds is 4. The Kier molecular flexibility index (Phi) is 8.25. The van der Waals surface area contributed by atoms with Crippen molar-refractivity contribution in [1.29, 1.82) is 0 Å². The van der Waals surface area contributed by atoms with E-state index in [1.165, 1.54) is 0 Å². The van der Waals surface area contributed by atoms with Crippen LogP contribution in [0, 0.1) is 19.8 Å². The van der Waals surface area contributed by atoms with Gasteiger partial charge in [0.05, 0.1) is 18.1 Å². The van der Waals surface area contributed by atoms with Crippen LogP contribution in [0.25, 0.3) is 0 Å². The summed E-state index contributed by atoms with van der Waals surface area (Å²) >= 11 is 0. The van der Waals surface area contributed by atoms with Crippen molar-refractivity contribution in [2.24, 2.45) is 11.7 Å². The minimum Gasteiger partial charge on any atom is -0.391 e. The Labute approximate surface area is 137 Å².